The van der Waals surface area contributed by atoms with Crippen molar-refractivity contribution in [3.8, 4) is 0 Å². The number of hydrogen-bond donors (Lipinski definition) is 1. The van der Waals surface area contributed by atoms with Crippen LogP contribution in [0.2, 0.25) is 5.02 Å². The minimum Gasteiger partial charge on any atom is -0.503 e. The van der Waals surface area contributed by atoms with Gasteiger partial charge in [0.2, 0.25) is 0 Å². The number of aromatic nitrogens is 1. The molecule has 1 aliphatic rings. The first-order valence-corrected chi connectivity index (χ1v) is 10.4. The Balaban J connectivity index is 1.75. The first-order chi connectivity index (χ1) is 15.0. The minimum absolute atomic E-state index is 0.0685. The van der Waals surface area contributed by atoms with E-state index in [4.69, 9.17) is 11.6 Å². The van der Waals surface area contributed by atoms with Crippen LogP contribution < -0.4 is 4.90 Å². The second-order valence-corrected chi connectivity index (χ2v) is 7.79. The van der Waals surface area contributed by atoms with Crippen molar-refractivity contribution in [2.24, 2.45) is 0 Å². The maximum absolute atomic E-state index is 13.2. The number of aliphatic hydroxyl groups excluding tert-OH is 1. The molecule has 2 aromatic carbocycles. The van der Waals surface area contributed by atoms with Crippen molar-refractivity contribution in [1.29, 1.82) is 0 Å². The van der Waals surface area contributed by atoms with Gasteiger partial charge in [0.25, 0.3) is 5.91 Å². The van der Waals surface area contributed by atoms with Gasteiger partial charge in [-0.3, -0.25) is 19.5 Å². The summed E-state index contributed by atoms with van der Waals surface area (Å²) in [6.07, 6.45) is 2.28. The van der Waals surface area contributed by atoms with E-state index >= 15 is 0 Å². The number of anilines is 1. The molecule has 3 aromatic rings. The Morgan fingerprint density at radius 3 is 2.52 bits per heavy atom. The van der Waals surface area contributed by atoms with Gasteiger partial charge in [-0.1, -0.05) is 54.1 Å². The number of halogens is 1. The molecule has 31 heavy (non-hydrogen) atoms. The van der Waals surface area contributed by atoms with Gasteiger partial charge in [-0.25, -0.2) is 0 Å². The number of nitrogens with zero attached hydrogens (tertiary/aromatic N) is 2. The summed E-state index contributed by atoms with van der Waals surface area (Å²) in [5.74, 6) is -1.45. The number of amides is 1. The molecular formula is C25H21ClN2O3. The van der Waals surface area contributed by atoms with E-state index < -0.39 is 17.7 Å². The van der Waals surface area contributed by atoms with Crippen LogP contribution in [0.3, 0.4) is 0 Å². The topological polar surface area (TPSA) is 70.5 Å². The summed E-state index contributed by atoms with van der Waals surface area (Å²) in [5.41, 5.74) is 2.80. The van der Waals surface area contributed by atoms with Crippen molar-refractivity contribution < 1.29 is 14.7 Å². The Morgan fingerprint density at radius 1 is 1.06 bits per heavy atom. The zero-order valence-corrected chi connectivity index (χ0v) is 17.7. The van der Waals surface area contributed by atoms with Gasteiger partial charge in [-0.15, -0.1) is 0 Å². The Morgan fingerprint density at radius 2 is 1.81 bits per heavy atom. The number of Topliss-reactive ketones (excluding diaryl/α,β-unsaturated/α-hetero) is 1. The molecule has 0 radical (unpaired) electrons. The van der Waals surface area contributed by atoms with Gasteiger partial charge in [0, 0.05) is 23.3 Å². The summed E-state index contributed by atoms with van der Waals surface area (Å²) < 4.78 is 0. The van der Waals surface area contributed by atoms with Crippen molar-refractivity contribution in [1.82, 2.24) is 4.98 Å². The smallest absolute Gasteiger partial charge is 0.294 e. The molecule has 0 saturated carbocycles. The maximum Gasteiger partial charge on any atom is 0.294 e. The highest BCUT2D eigenvalue weighted by molar-refractivity contribution is 6.32. The van der Waals surface area contributed by atoms with Crippen LogP contribution in [0.5, 0.6) is 0 Å². The average Bonchev–Trinajstić information content (AvgIpc) is 3.06. The quantitative estimate of drug-likeness (QED) is 0.585. The molecule has 6 heteroatoms. The molecule has 0 saturated heterocycles. The SMILES string of the molecule is Cc1c(Cl)cccc1N1C(=O)C(O)=C(C(=O)CCc2ccccc2)C1c1ccccn1. The summed E-state index contributed by atoms with van der Waals surface area (Å²) in [6.45, 7) is 1.80. The number of carbonyl (C=O) groups is 2. The molecule has 0 spiro atoms. The summed E-state index contributed by atoms with van der Waals surface area (Å²) in [5, 5.41) is 11.2. The average molecular weight is 433 g/mol. The molecule has 1 aromatic heterocycles. The van der Waals surface area contributed by atoms with Crippen LogP contribution >= 0.6 is 11.6 Å². The van der Waals surface area contributed by atoms with Crippen LogP contribution in [-0.4, -0.2) is 21.8 Å². The molecule has 1 unspecified atom stereocenters. The van der Waals surface area contributed by atoms with Crippen molar-refractivity contribution in [3.63, 3.8) is 0 Å². The number of benzene rings is 2. The Bertz CT molecular complexity index is 1160. The predicted octanol–water partition coefficient (Wildman–Crippen LogP) is 5.15. The molecule has 1 amide bonds. The molecule has 156 valence electrons. The number of carbonyl (C=O) groups excluding carboxylic acids is 2. The zero-order chi connectivity index (χ0) is 22.0. The van der Waals surface area contributed by atoms with Gasteiger partial charge in [-0.2, -0.15) is 0 Å². The van der Waals surface area contributed by atoms with Crippen LogP contribution in [0.4, 0.5) is 5.69 Å². The number of aliphatic hydroxyl groups is 1. The summed E-state index contributed by atoms with van der Waals surface area (Å²) >= 11 is 6.29. The molecule has 2 heterocycles. The first-order valence-electron chi connectivity index (χ1n) is 9.99. The van der Waals surface area contributed by atoms with Crippen molar-refractivity contribution >= 4 is 29.0 Å². The molecule has 0 aliphatic carbocycles. The lowest BCUT2D eigenvalue weighted by molar-refractivity contribution is -0.118. The lowest BCUT2D eigenvalue weighted by Crippen LogP contribution is -2.32. The van der Waals surface area contributed by atoms with Crippen LogP contribution in [0.25, 0.3) is 0 Å². The fourth-order valence-electron chi connectivity index (χ4n) is 3.85. The number of pyridine rings is 1. The number of aryl methyl sites for hydroxylation is 1. The summed E-state index contributed by atoms with van der Waals surface area (Å²) in [6, 6.07) is 19.3. The number of rotatable bonds is 6. The van der Waals surface area contributed by atoms with Gasteiger partial charge >= 0.3 is 0 Å². The van der Waals surface area contributed by atoms with E-state index in [1.807, 2.05) is 30.3 Å². The molecule has 5 nitrogen and oxygen atoms in total. The highest BCUT2D eigenvalue weighted by atomic mass is 35.5. The monoisotopic (exact) mass is 432 g/mol. The third-order valence-electron chi connectivity index (χ3n) is 5.46. The van der Waals surface area contributed by atoms with Crippen molar-refractivity contribution in [2.45, 2.75) is 25.8 Å². The van der Waals surface area contributed by atoms with E-state index in [9.17, 15) is 14.7 Å². The molecule has 1 N–H and O–H groups in total. The first kappa shape index (κ1) is 20.8. The van der Waals surface area contributed by atoms with Crippen molar-refractivity contribution in [3.05, 3.63) is 106 Å². The second kappa shape index (κ2) is 8.74. The summed E-state index contributed by atoms with van der Waals surface area (Å²) in [4.78, 5) is 32.2. The van der Waals surface area contributed by atoms with Crippen LogP contribution in [-0.2, 0) is 16.0 Å². The molecule has 0 fully saturated rings. The molecule has 4 rings (SSSR count). The van der Waals surface area contributed by atoms with E-state index in [-0.39, 0.29) is 17.8 Å². The maximum atomic E-state index is 13.2. The Hall–Kier alpha value is -3.44. The Labute approximate surface area is 185 Å². The molecule has 0 bridgehead atoms. The van der Waals surface area contributed by atoms with Crippen LogP contribution in [0, 0.1) is 6.92 Å². The standard InChI is InChI=1S/C25H21ClN2O3/c1-16-18(26)10-7-12-20(16)28-23(19-11-5-6-15-27-19)22(24(30)25(28)31)21(29)14-13-17-8-3-2-4-9-17/h2-12,15,23,30H,13-14H2,1H3. The third-order valence-corrected chi connectivity index (χ3v) is 5.87. The van der Waals surface area contributed by atoms with Crippen LogP contribution in [0.1, 0.15) is 29.3 Å². The highest BCUT2D eigenvalue weighted by Crippen LogP contribution is 2.42. The van der Waals surface area contributed by atoms with E-state index in [0.29, 0.717) is 28.4 Å². The Kier molecular flexibility index (Phi) is 5.87. The number of hydrogen-bond acceptors (Lipinski definition) is 4. The lowest BCUT2D eigenvalue weighted by Gasteiger charge is -2.27. The van der Waals surface area contributed by atoms with E-state index in [1.165, 1.54) is 4.90 Å². The fourth-order valence-corrected chi connectivity index (χ4v) is 4.02. The van der Waals surface area contributed by atoms with Crippen LogP contribution in [0.15, 0.2) is 84.3 Å². The molecular weight excluding hydrogens is 412 g/mol. The second-order valence-electron chi connectivity index (χ2n) is 7.39. The normalized spacial score (nSPS) is 16.1. The third kappa shape index (κ3) is 3.97. The van der Waals surface area contributed by atoms with Crippen molar-refractivity contribution in [2.75, 3.05) is 4.90 Å². The van der Waals surface area contributed by atoms with Gasteiger partial charge in [0.15, 0.2) is 11.5 Å². The van der Waals surface area contributed by atoms with Gasteiger partial charge in [-0.05, 0) is 48.7 Å². The van der Waals surface area contributed by atoms with Gasteiger partial charge in [0.05, 0.1) is 11.3 Å². The number of ketones is 1. The zero-order valence-electron chi connectivity index (χ0n) is 17.0. The molecule has 1 atom stereocenters. The highest BCUT2D eigenvalue weighted by Gasteiger charge is 2.45. The molecule has 1 aliphatic heterocycles. The fraction of sp³-hybridized carbons (Fsp3) is 0.160. The van der Waals surface area contributed by atoms with E-state index in [1.54, 1.807) is 49.5 Å². The summed E-state index contributed by atoms with van der Waals surface area (Å²) in [7, 11) is 0. The predicted molar refractivity (Wildman–Crippen MR) is 120 cm³/mol. The van der Waals surface area contributed by atoms with E-state index in [0.717, 1.165) is 5.56 Å². The lowest BCUT2D eigenvalue weighted by atomic mass is 9.95. The largest absolute Gasteiger partial charge is 0.503 e. The van der Waals surface area contributed by atoms with Gasteiger partial charge in [0.1, 0.15) is 6.04 Å². The van der Waals surface area contributed by atoms with E-state index in [2.05, 4.69) is 4.98 Å². The minimum atomic E-state index is -0.825. The van der Waals surface area contributed by atoms with Gasteiger partial charge < -0.3 is 5.11 Å².